The Hall–Kier alpha value is -3.08. The minimum absolute atomic E-state index is 0.304. The molecule has 2 aromatic carbocycles. The van der Waals surface area contributed by atoms with Crippen molar-refractivity contribution in [2.45, 2.75) is 63.5 Å². The molecule has 2 bridgehead atoms. The van der Waals surface area contributed by atoms with Crippen LogP contribution in [0.4, 0.5) is 4.79 Å². The Bertz CT molecular complexity index is 1030. The number of hydrogen-bond acceptors (Lipinski definition) is 6. The predicted molar refractivity (Wildman–Crippen MR) is 122 cm³/mol. The van der Waals surface area contributed by atoms with Gasteiger partial charge in [0.05, 0.1) is 36.5 Å². The number of rotatable bonds is 4. The molecular formula is C26H30N2O5. The monoisotopic (exact) mass is 450 g/mol. The smallest absolute Gasteiger partial charge is 0.410 e. The standard InChI is InChI=1S/C26H30N2O5/c1-25(2,3)33-24(29)28-21-12-26(30,13-22(28)17-31-16-21)20-10-9-19(14-27)23(11-20)32-15-18-7-5-4-6-8-18/h4-11,21-22,30H,12-13,15-17H2,1-3H3. The van der Waals surface area contributed by atoms with Crippen molar-refractivity contribution in [3.8, 4) is 11.8 Å². The molecule has 1 amide bonds. The summed E-state index contributed by atoms with van der Waals surface area (Å²) in [7, 11) is 0. The van der Waals surface area contributed by atoms with Gasteiger partial charge in [0.25, 0.3) is 0 Å². The minimum Gasteiger partial charge on any atom is -0.488 e. The van der Waals surface area contributed by atoms with Gasteiger partial charge < -0.3 is 19.3 Å². The summed E-state index contributed by atoms with van der Waals surface area (Å²) in [4.78, 5) is 14.6. The molecule has 2 aliphatic heterocycles. The molecule has 0 saturated carbocycles. The van der Waals surface area contributed by atoms with Crippen molar-refractivity contribution in [1.82, 2.24) is 4.90 Å². The van der Waals surface area contributed by atoms with Crippen molar-refractivity contribution in [1.29, 1.82) is 5.26 Å². The summed E-state index contributed by atoms with van der Waals surface area (Å²) in [6, 6.07) is 16.5. The number of nitriles is 1. The Balaban J connectivity index is 1.56. The quantitative estimate of drug-likeness (QED) is 0.753. The van der Waals surface area contributed by atoms with Gasteiger partial charge in [-0.2, -0.15) is 5.26 Å². The van der Waals surface area contributed by atoms with Gasteiger partial charge in [-0.1, -0.05) is 36.4 Å². The van der Waals surface area contributed by atoms with E-state index in [2.05, 4.69) is 6.07 Å². The van der Waals surface area contributed by atoms with Gasteiger partial charge in [0, 0.05) is 12.8 Å². The van der Waals surface area contributed by atoms with E-state index >= 15 is 0 Å². The Morgan fingerprint density at radius 3 is 2.45 bits per heavy atom. The fourth-order valence-corrected chi connectivity index (χ4v) is 4.58. The van der Waals surface area contributed by atoms with Crippen LogP contribution in [0.3, 0.4) is 0 Å². The van der Waals surface area contributed by atoms with Gasteiger partial charge in [-0.05, 0) is 44.0 Å². The molecule has 2 heterocycles. The number of carbonyl (C=O) groups is 1. The Kier molecular flexibility index (Phi) is 6.33. The molecule has 1 N–H and O–H groups in total. The molecule has 2 saturated heterocycles. The van der Waals surface area contributed by atoms with E-state index in [9.17, 15) is 15.2 Å². The van der Waals surface area contributed by atoms with Crippen LogP contribution in [0.15, 0.2) is 48.5 Å². The number of hydrogen-bond donors (Lipinski definition) is 1. The first-order chi connectivity index (χ1) is 15.7. The highest BCUT2D eigenvalue weighted by molar-refractivity contribution is 5.69. The van der Waals surface area contributed by atoms with Crippen LogP contribution in [0.5, 0.6) is 5.75 Å². The number of benzene rings is 2. The van der Waals surface area contributed by atoms with E-state index in [1.54, 1.807) is 23.1 Å². The molecular weight excluding hydrogens is 420 g/mol. The Morgan fingerprint density at radius 2 is 1.85 bits per heavy atom. The third-order valence-corrected chi connectivity index (χ3v) is 6.03. The lowest BCUT2D eigenvalue weighted by Crippen LogP contribution is -2.63. The van der Waals surface area contributed by atoms with Crippen LogP contribution in [0.25, 0.3) is 0 Å². The number of piperidine rings is 1. The number of nitrogens with zero attached hydrogens (tertiary/aromatic N) is 2. The molecule has 4 rings (SSSR count). The number of aliphatic hydroxyl groups is 1. The number of amides is 1. The lowest BCUT2D eigenvalue weighted by molar-refractivity contribution is -0.141. The number of carbonyl (C=O) groups excluding carboxylic acids is 1. The topological polar surface area (TPSA) is 92.0 Å². The summed E-state index contributed by atoms with van der Waals surface area (Å²) >= 11 is 0. The highest BCUT2D eigenvalue weighted by Crippen LogP contribution is 2.42. The second kappa shape index (κ2) is 9.05. The van der Waals surface area contributed by atoms with E-state index < -0.39 is 11.2 Å². The van der Waals surface area contributed by atoms with Crippen molar-refractivity contribution < 1.29 is 24.1 Å². The highest BCUT2D eigenvalue weighted by atomic mass is 16.6. The molecule has 0 aromatic heterocycles. The highest BCUT2D eigenvalue weighted by Gasteiger charge is 2.50. The second-order valence-electron chi connectivity index (χ2n) is 9.77. The third-order valence-electron chi connectivity index (χ3n) is 6.03. The van der Waals surface area contributed by atoms with Gasteiger partial charge in [-0.3, -0.25) is 4.90 Å². The van der Waals surface area contributed by atoms with E-state index in [1.807, 2.05) is 51.1 Å². The molecule has 7 nitrogen and oxygen atoms in total. The Morgan fingerprint density at radius 1 is 1.18 bits per heavy atom. The van der Waals surface area contributed by atoms with E-state index in [1.165, 1.54) is 0 Å². The number of fused-ring (bicyclic) bond motifs is 2. The lowest BCUT2D eigenvalue weighted by Gasteiger charge is -2.51. The van der Waals surface area contributed by atoms with E-state index in [4.69, 9.17) is 14.2 Å². The molecule has 33 heavy (non-hydrogen) atoms. The zero-order valence-corrected chi connectivity index (χ0v) is 19.3. The van der Waals surface area contributed by atoms with E-state index in [0.717, 1.165) is 5.56 Å². The molecule has 0 aliphatic carbocycles. The molecule has 2 aromatic rings. The van der Waals surface area contributed by atoms with E-state index in [-0.39, 0.29) is 18.2 Å². The van der Waals surface area contributed by atoms with Crippen LogP contribution in [0.2, 0.25) is 0 Å². The van der Waals surface area contributed by atoms with Crippen molar-refractivity contribution in [3.05, 3.63) is 65.2 Å². The van der Waals surface area contributed by atoms with Crippen molar-refractivity contribution in [3.63, 3.8) is 0 Å². The average molecular weight is 451 g/mol. The first kappa shape index (κ1) is 23.1. The first-order valence-electron chi connectivity index (χ1n) is 11.2. The van der Waals surface area contributed by atoms with Crippen LogP contribution in [-0.4, -0.2) is 47.0 Å². The van der Waals surface area contributed by atoms with Gasteiger partial charge in [0.15, 0.2) is 0 Å². The van der Waals surface area contributed by atoms with E-state index in [0.29, 0.717) is 49.5 Å². The van der Waals surface area contributed by atoms with Gasteiger partial charge >= 0.3 is 6.09 Å². The number of morpholine rings is 1. The van der Waals surface area contributed by atoms with Gasteiger partial charge in [0.2, 0.25) is 0 Å². The molecule has 2 fully saturated rings. The summed E-state index contributed by atoms with van der Waals surface area (Å²) in [5, 5.41) is 21.2. The maximum atomic E-state index is 12.8. The third kappa shape index (κ3) is 5.13. The summed E-state index contributed by atoms with van der Waals surface area (Å²) < 4.78 is 17.3. The van der Waals surface area contributed by atoms with Crippen LogP contribution in [0, 0.1) is 11.3 Å². The van der Waals surface area contributed by atoms with Crippen molar-refractivity contribution >= 4 is 6.09 Å². The van der Waals surface area contributed by atoms with Crippen molar-refractivity contribution in [2.75, 3.05) is 13.2 Å². The molecule has 2 unspecified atom stereocenters. The fraction of sp³-hybridized carbons (Fsp3) is 0.462. The zero-order valence-electron chi connectivity index (χ0n) is 19.3. The molecule has 2 atom stereocenters. The van der Waals surface area contributed by atoms with Gasteiger partial charge in [-0.15, -0.1) is 0 Å². The summed E-state index contributed by atoms with van der Waals surface area (Å²) in [5.74, 6) is 0.434. The van der Waals surface area contributed by atoms with Crippen LogP contribution < -0.4 is 4.74 Å². The molecule has 0 radical (unpaired) electrons. The van der Waals surface area contributed by atoms with Crippen LogP contribution in [0.1, 0.15) is 50.3 Å². The van der Waals surface area contributed by atoms with Crippen molar-refractivity contribution in [2.24, 2.45) is 0 Å². The first-order valence-corrected chi connectivity index (χ1v) is 11.2. The van der Waals surface area contributed by atoms with Gasteiger partial charge in [-0.25, -0.2) is 4.79 Å². The Labute approximate surface area is 194 Å². The molecule has 2 aliphatic rings. The van der Waals surface area contributed by atoms with Gasteiger partial charge in [0.1, 0.15) is 24.0 Å². The molecule has 7 heteroatoms. The summed E-state index contributed by atoms with van der Waals surface area (Å²) in [5.41, 5.74) is 0.301. The fourth-order valence-electron chi connectivity index (χ4n) is 4.58. The predicted octanol–water partition coefficient (Wildman–Crippen LogP) is 4.12. The normalized spacial score (nSPS) is 24.6. The summed E-state index contributed by atoms with van der Waals surface area (Å²) in [6.45, 7) is 6.52. The number of ether oxygens (including phenoxy) is 3. The zero-order chi connectivity index (χ0) is 23.6. The SMILES string of the molecule is CC(C)(C)OC(=O)N1C2COCC1CC(O)(c1ccc(C#N)c(OCc3ccccc3)c1)C2. The second-order valence-corrected chi connectivity index (χ2v) is 9.77. The minimum atomic E-state index is -1.17. The maximum Gasteiger partial charge on any atom is 0.410 e. The largest absolute Gasteiger partial charge is 0.488 e. The average Bonchev–Trinajstić information content (AvgIpc) is 2.76. The maximum absolute atomic E-state index is 12.8. The lowest BCUT2D eigenvalue weighted by atomic mass is 9.76. The molecule has 174 valence electrons. The summed E-state index contributed by atoms with van der Waals surface area (Å²) in [6.07, 6.45) is 0.245. The molecule has 0 spiro atoms. The van der Waals surface area contributed by atoms with Crippen LogP contribution >= 0.6 is 0 Å². The van der Waals surface area contributed by atoms with Crippen LogP contribution in [-0.2, 0) is 21.7 Å².